The van der Waals surface area contributed by atoms with Gasteiger partial charge in [0.15, 0.2) is 5.96 Å². The van der Waals surface area contributed by atoms with Crippen LogP contribution in [0.4, 0.5) is 5.69 Å². The van der Waals surface area contributed by atoms with Gasteiger partial charge < -0.3 is 16.0 Å². The van der Waals surface area contributed by atoms with Crippen LogP contribution in [0.3, 0.4) is 0 Å². The lowest BCUT2D eigenvalue weighted by molar-refractivity contribution is 0.109. The first kappa shape index (κ1) is 21.2. The summed E-state index contributed by atoms with van der Waals surface area (Å²) < 4.78 is 0. The van der Waals surface area contributed by atoms with Crippen molar-refractivity contribution in [3.05, 3.63) is 29.3 Å². The molecule has 1 fully saturated rings. The molecule has 1 aromatic rings. The molecule has 1 saturated heterocycles. The lowest BCUT2D eigenvalue weighted by Crippen LogP contribution is -2.50. The third-order valence-electron chi connectivity index (χ3n) is 4.78. The minimum Gasteiger partial charge on any atom is -0.370 e. The maximum atomic E-state index is 6.03. The molecule has 0 bridgehead atoms. The molecule has 6 heteroatoms. The van der Waals surface area contributed by atoms with E-state index in [-0.39, 0.29) is 24.0 Å². The predicted molar refractivity (Wildman–Crippen MR) is 115 cm³/mol. The number of nitrogens with one attached hydrogen (secondary N) is 1. The molecule has 0 aliphatic carbocycles. The Morgan fingerprint density at radius 1 is 1.21 bits per heavy atom. The van der Waals surface area contributed by atoms with Crippen LogP contribution in [0.25, 0.3) is 0 Å². The van der Waals surface area contributed by atoms with Gasteiger partial charge in [0, 0.05) is 37.9 Å². The van der Waals surface area contributed by atoms with Crippen molar-refractivity contribution in [3.8, 4) is 0 Å². The Morgan fingerprint density at radius 3 is 2.46 bits per heavy atom. The molecule has 0 radical (unpaired) electrons. The molecule has 1 aliphatic heterocycles. The van der Waals surface area contributed by atoms with Crippen molar-refractivity contribution < 1.29 is 0 Å². The summed E-state index contributed by atoms with van der Waals surface area (Å²) in [5.41, 5.74) is 9.56. The maximum absolute atomic E-state index is 6.03. The summed E-state index contributed by atoms with van der Waals surface area (Å²) in [7, 11) is 0. The second-order valence-electron chi connectivity index (χ2n) is 6.47. The van der Waals surface area contributed by atoms with Gasteiger partial charge in [0.05, 0.1) is 6.54 Å². The molecule has 1 atom stereocenters. The van der Waals surface area contributed by atoms with E-state index in [1.54, 1.807) is 0 Å². The summed E-state index contributed by atoms with van der Waals surface area (Å²) >= 11 is 0. The van der Waals surface area contributed by atoms with E-state index >= 15 is 0 Å². The van der Waals surface area contributed by atoms with Crippen molar-refractivity contribution in [3.63, 3.8) is 0 Å². The molecule has 3 N–H and O–H groups in total. The second-order valence-corrected chi connectivity index (χ2v) is 6.47. The summed E-state index contributed by atoms with van der Waals surface area (Å²) in [5.74, 6) is 0.493. The van der Waals surface area contributed by atoms with Crippen LogP contribution in [-0.4, -0.2) is 61.1 Å². The smallest absolute Gasteiger partial charge is 0.193 e. The van der Waals surface area contributed by atoms with E-state index in [4.69, 9.17) is 5.73 Å². The minimum atomic E-state index is 0. The topological polar surface area (TPSA) is 56.9 Å². The van der Waals surface area contributed by atoms with Crippen molar-refractivity contribution in [2.75, 3.05) is 44.6 Å². The third kappa shape index (κ3) is 6.22. The van der Waals surface area contributed by atoms with Crippen molar-refractivity contribution in [1.29, 1.82) is 0 Å². The fourth-order valence-corrected chi connectivity index (χ4v) is 2.87. The molecule has 0 amide bonds. The Hall–Kier alpha value is -0.860. The van der Waals surface area contributed by atoms with E-state index in [1.807, 2.05) is 6.07 Å². The molecule has 0 saturated carbocycles. The van der Waals surface area contributed by atoms with E-state index in [9.17, 15) is 0 Å². The fraction of sp³-hybridized carbons (Fsp3) is 0.611. The van der Waals surface area contributed by atoms with Gasteiger partial charge in [-0.1, -0.05) is 13.0 Å². The van der Waals surface area contributed by atoms with Gasteiger partial charge in [-0.25, -0.2) is 0 Å². The highest BCUT2D eigenvalue weighted by Gasteiger charge is 2.19. The van der Waals surface area contributed by atoms with Gasteiger partial charge in [0.2, 0.25) is 0 Å². The predicted octanol–water partition coefficient (Wildman–Crippen LogP) is 2.67. The Kier molecular flexibility index (Phi) is 9.01. The second kappa shape index (κ2) is 10.2. The van der Waals surface area contributed by atoms with Crippen LogP contribution < -0.4 is 11.1 Å². The molecule has 1 aromatic carbocycles. The zero-order valence-electron chi connectivity index (χ0n) is 15.4. The van der Waals surface area contributed by atoms with Gasteiger partial charge in [-0.05, 0) is 50.6 Å². The number of anilines is 1. The largest absolute Gasteiger partial charge is 0.370 e. The average molecular weight is 445 g/mol. The Labute approximate surface area is 163 Å². The SMILES string of the molecule is CCN1CCN(C(C)CN=C(N)Nc2ccc(C)c(C)c2)CC1.I. The molecule has 136 valence electrons. The van der Waals surface area contributed by atoms with E-state index in [0.29, 0.717) is 12.0 Å². The van der Waals surface area contributed by atoms with Gasteiger partial charge >= 0.3 is 0 Å². The molecular formula is C18H32IN5. The summed E-state index contributed by atoms with van der Waals surface area (Å²) in [6.45, 7) is 15.1. The van der Waals surface area contributed by atoms with Gasteiger partial charge in [-0.15, -0.1) is 24.0 Å². The van der Waals surface area contributed by atoms with E-state index in [1.165, 1.54) is 11.1 Å². The molecule has 24 heavy (non-hydrogen) atoms. The molecular weight excluding hydrogens is 413 g/mol. The number of nitrogens with zero attached hydrogens (tertiary/aromatic N) is 3. The van der Waals surface area contributed by atoms with Gasteiger partial charge in [-0.2, -0.15) is 0 Å². The normalized spacial score (nSPS) is 18.1. The number of hydrogen-bond donors (Lipinski definition) is 2. The van der Waals surface area contributed by atoms with Crippen molar-refractivity contribution in [2.45, 2.75) is 33.7 Å². The number of benzene rings is 1. The Morgan fingerprint density at radius 2 is 1.88 bits per heavy atom. The summed E-state index contributed by atoms with van der Waals surface area (Å²) in [5, 5.41) is 3.19. The number of aliphatic imine (C=N–C) groups is 1. The van der Waals surface area contributed by atoms with Crippen LogP contribution in [0.5, 0.6) is 0 Å². The quantitative estimate of drug-likeness (QED) is 0.416. The number of rotatable bonds is 5. The number of guanidine groups is 1. The highest BCUT2D eigenvalue weighted by Crippen LogP contribution is 2.14. The first-order chi connectivity index (χ1) is 11.0. The molecule has 1 heterocycles. The monoisotopic (exact) mass is 445 g/mol. The van der Waals surface area contributed by atoms with E-state index < -0.39 is 0 Å². The van der Waals surface area contributed by atoms with Crippen LogP contribution in [0.1, 0.15) is 25.0 Å². The third-order valence-corrected chi connectivity index (χ3v) is 4.78. The fourth-order valence-electron chi connectivity index (χ4n) is 2.87. The summed E-state index contributed by atoms with van der Waals surface area (Å²) in [6, 6.07) is 6.67. The maximum Gasteiger partial charge on any atom is 0.193 e. The van der Waals surface area contributed by atoms with Gasteiger partial charge in [-0.3, -0.25) is 9.89 Å². The van der Waals surface area contributed by atoms with E-state index in [2.05, 4.69) is 59.9 Å². The minimum absolute atomic E-state index is 0. The number of likely N-dealkylation sites (N-methyl/N-ethyl adjacent to an activating group) is 1. The Balaban J connectivity index is 0.00000288. The zero-order valence-corrected chi connectivity index (χ0v) is 17.7. The highest BCUT2D eigenvalue weighted by molar-refractivity contribution is 14.0. The summed E-state index contributed by atoms with van der Waals surface area (Å²) in [6.07, 6.45) is 0. The average Bonchev–Trinajstić information content (AvgIpc) is 2.56. The first-order valence-corrected chi connectivity index (χ1v) is 8.60. The van der Waals surface area contributed by atoms with Crippen molar-refractivity contribution in [2.24, 2.45) is 10.7 Å². The number of piperazine rings is 1. The van der Waals surface area contributed by atoms with Gasteiger partial charge in [0.25, 0.3) is 0 Å². The van der Waals surface area contributed by atoms with E-state index in [0.717, 1.165) is 45.0 Å². The van der Waals surface area contributed by atoms with Crippen LogP contribution in [0.15, 0.2) is 23.2 Å². The number of aryl methyl sites for hydroxylation is 2. The van der Waals surface area contributed by atoms with Crippen LogP contribution in [-0.2, 0) is 0 Å². The molecule has 0 aromatic heterocycles. The molecule has 1 aliphatic rings. The lowest BCUT2D eigenvalue weighted by atomic mass is 10.1. The van der Waals surface area contributed by atoms with Crippen LogP contribution in [0.2, 0.25) is 0 Å². The van der Waals surface area contributed by atoms with Gasteiger partial charge in [0.1, 0.15) is 0 Å². The number of nitrogens with two attached hydrogens (primary N) is 1. The van der Waals surface area contributed by atoms with Crippen molar-refractivity contribution in [1.82, 2.24) is 9.80 Å². The zero-order chi connectivity index (χ0) is 16.8. The number of hydrogen-bond acceptors (Lipinski definition) is 3. The standard InChI is InChI=1S/C18H31N5.HI/c1-5-22-8-10-23(11-9-22)16(4)13-20-18(19)21-17-7-6-14(2)15(3)12-17;/h6-7,12,16H,5,8-11,13H2,1-4H3,(H3,19,20,21);1H. The van der Waals surface area contributed by atoms with Crippen LogP contribution >= 0.6 is 24.0 Å². The lowest BCUT2D eigenvalue weighted by Gasteiger charge is -2.37. The highest BCUT2D eigenvalue weighted by atomic mass is 127. The molecule has 2 rings (SSSR count). The van der Waals surface area contributed by atoms with Crippen LogP contribution in [0, 0.1) is 13.8 Å². The molecule has 5 nitrogen and oxygen atoms in total. The number of halogens is 1. The molecule has 0 spiro atoms. The summed E-state index contributed by atoms with van der Waals surface area (Å²) in [4.78, 5) is 9.50. The Bertz CT molecular complexity index is 538. The molecule has 1 unspecified atom stereocenters. The van der Waals surface area contributed by atoms with Crippen molar-refractivity contribution >= 4 is 35.6 Å². The first-order valence-electron chi connectivity index (χ1n) is 8.60.